The zero-order chi connectivity index (χ0) is 15.2. The Bertz CT molecular complexity index is 538. The number of Topliss-reactive ketones (excluding diaryl/α,β-unsaturated/α-hetero) is 1. The monoisotopic (exact) mass is 288 g/mol. The maximum atomic E-state index is 12.2. The summed E-state index contributed by atoms with van der Waals surface area (Å²) in [6.07, 6.45) is 2.34. The highest BCUT2D eigenvalue weighted by molar-refractivity contribution is 5.98. The van der Waals surface area contributed by atoms with Crippen LogP contribution >= 0.6 is 0 Å². The van der Waals surface area contributed by atoms with Crippen LogP contribution < -0.4 is 0 Å². The summed E-state index contributed by atoms with van der Waals surface area (Å²) >= 11 is 0. The van der Waals surface area contributed by atoms with Crippen LogP contribution in [0.25, 0.3) is 0 Å². The summed E-state index contributed by atoms with van der Waals surface area (Å²) in [4.78, 5) is 27.4. The standard InChI is InChI=1S/C16H20N2O3/c1-17(2)11-14-15(19)9-6-10-18(14)16(20)21-12-13-7-4-3-5-8-13/h3-5,7-8,11H,6,9-10,12H2,1-2H3/b14-11+. The van der Waals surface area contributed by atoms with E-state index in [0.717, 1.165) is 5.56 Å². The lowest BCUT2D eigenvalue weighted by atomic mass is 10.1. The minimum atomic E-state index is -0.472. The van der Waals surface area contributed by atoms with Gasteiger partial charge in [-0.05, 0) is 12.0 Å². The van der Waals surface area contributed by atoms with Gasteiger partial charge in [-0.25, -0.2) is 4.79 Å². The van der Waals surface area contributed by atoms with Crippen molar-refractivity contribution >= 4 is 11.9 Å². The Morgan fingerprint density at radius 3 is 2.71 bits per heavy atom. The fourth-order valence-corrected chi connectivity index (χ4v) is 2.17. The molecule has 1 aromatic rings. The van der Waals surface area contributed by atoms with Crippen molar-refractivity contribution in [1.82, 2.24) is 9.80 Å². The van der Waals surface area contributed by atoms with Crippen molar-refractivity contribution < 1.29 is 14.3 Å². The van der Waals surface area contributed by atoms with Crippen LogP contribution in [-0.2, 0) is 16.1 Å². The minimum Gasteiger partial charge on any atom is -0.444 e. The molecule has 1 fully saturated rings. The summed E-state index contributed by atoms with van der Waals surface area (Å²) in [5.41, 5.74) is 1.33. The van der Waals surface area contributed by atoms with Gasteiger partial charge in [0, 0.05) is 33.3 Å². The number of carbonyl (C=O) groups excluding carboxylic acids is 2. The van der Waals surface area contributed by atoms with E-state index < -0.39 is 6.09 Å². The number of amides is 1. The summed E-state index contributed by atoms with van der Waals surface area (Å²) in [6, 6.07) is 9.49. The predicted molar refractivity (Wildman–Crippen MR) is 79.3 cm³/mol. The zero-order valence-electron chi connectivity index (χ0n) is 12.4. The van der Waals surface area contributed by atoms with Gasteiger partial charge in [-0.1, -0.05) is 30.3 Å². The molecule has 0 atom stereocenters. The van der Waals surface area contributed by atoms with Gasteiger partial charge in [0.25, 0.3) is 0 Å². The summed E-state index contributed by atoms with van der Waals surface area (Å²) in [5, 5.41) is 0. The zero-order valence-corrected chi connectivity index (χ0v) is 12.4. The Hall–Kier alpha value is -2.30. The maximum Gasteiger partial charge on any atom is 0.414 e. The number of hydrogen-bond donors (Lipinski definition) is 0. The van der Waals surface area contributed by atoms with Gasteiger partial charge in [-0.15, -0.1) is 0 Å². The van der Waals surface area contributed by atoms with Crippen LogP contribution in [0.3, 0.4) is 0 Å². The number of ketones is 1. The number of benzene rings is 1. The first-order valence-corrected chi connectivity index (χ1v) is 6.97. The number of piperidine rings is 1. The van der Waals surface area contributed by atoms with E-state index in [1.165, 1.54) is 4.90 Å². The first-order chi connectivity index (χ1) is 10.1. The van der Waals surface area contributed by atoms with E-state index in [1.54, 1.807) is 11.1 Å². The molecule has 0 unspecified atom stereocenters. The number of ether oxygens (including phenoxy) is 1. The second kappa shape index (κ2) is 6.92. The Morgan fingerprint density at radius 2 is 2.05 bits per heavy atom. The molecule has 0 bridgehead atoms. The first-order valence-electron chi connectivity index (χ1n) is 6.97. The predicted octanol–water partition coefficient (Wildman–Crippen LogP) is 2.39. The van der Waals surface area contributed by atoms with Crippen LogP contribution in [0.5, 0.6) is 0 Å². The van der Waals surface area contributed by atoms with Crippen LogP contribution in [0.4, 0.5) is 4.79 Å². The van der Waals surface area contributed by atoms with Crippen LogP contribution in [0, 0.1) is 0 Å². The number of allylic oxidation sites excluding steroid dienone is 1. The Balaban J connectivity index is 2.04. The van der Waals surface area contributed by atoms with Crippen molar-refractivity contribution in [3.63, 3.8) is 0 Å². The molecule has 0 spiro atoms. The number of nitrogens with zero attached hydrogens (tertiary/aromatic N) is 2. The van der Waals surface area contributed by atoms with Gasteiger partial charge in [0.05, 0.1) is 0 Å². The molecule has 0 aromatic heterocycles. The van der Waals surface area contributed by atoms with Crippen molar-refractivity contribution in [3.05, 3.63) is 47.8 Å². The third-order valence-corrected chi connectivity index (χ3v) is 3.17. The highest BCUT2D eigenvalue weighted by Crippen LogP contribution is 2.19. The molecular formula is C16H20N2O3. The largest absolute Gasteiger partial charge is 0.444 e. The molecule has 1 aliphatic rings. The van der Waals surface area contributed by atoms with Gasteiger partial charge in [0.2, 0.25) is 0 Å². The fraction of sp³-hybridized carbons (Fsp3) is 0.375. The molecule has 112 valence electrons. The second-order valence-electron chi connectivity index (χ2n) is 5.20. The lowest BCUT2D eigenvalue weighted by Crippen LogP contribution is -2.39. The van der Waals surface area contributed by atoms with Crippen molar-refractivity contribution in [3.8, 4) is 0 Å². The second-order valence-corrected chi connectivity index (χ2v) is 5.20. The molecule has 5 heteroatoms. The third kappa shape index (κ3) is 4.08. The van der Waals surface area contributed by atoms with Crippen LogP contribution in [-0.4, -0.2) is 42.3 Å². The van der Waals surface area contributed by atoms with E-state index in [1.807, 2.05) is 44.4 Å². The number of hydrogen-bond acceptors (Lipinski definition) is 4. The topological polar surface area (TPSA) is 49.9 Å². The van der Waals surface area contributed by atoms with E-state index in [2.05, 4.69) is 0 Å². The molecular weight excluding hydrogens is 268 g/mol. The minimum absolute atomic E-state index is 0.0217. The molecule has 1 aromatic carbocycles. The van der Waals surface area contributed by atoms with E-state index in [4.69, 9.17) is 4.74 Å². The lowest BCUT2D eigenvalue weighted by molar-refractivity contribution is -0.118. The molecule has 1 heterocycles. The molecule has 1 saturated heterocycles. The van der Waals surface area contributed by atoms with Gasteiger partial charge in [-0.2, -0.15) is 0 Å². The average molecular weight is 288 g/mol. The highest BCUT2D eigenvalue weighted by atomic mass is 16.6. The van der Waals surface area contributed by atoms with Crippen molar-refractivity contribution in [2.75, 3.05) is 20.6 Å². The molecule has 5 nitrogen and oxygen atoms in total. The molecule has 0 radical (unpaired) electrons. The molecule has 21 heavy (non-hydrogen) atoms. The van der Waals surface area contributed by atoms with Crippen molar-refractivity contribution in [2.45, 2.75) is 19.4 Å². The summed E-state index contributed by atoms with van der Waals surface area (Å²) < 4.78 is 5.30. The third-order valence-electron chi connectivity index (χ3n) is 3.17. The number of rotatable bonds is 3. The van der Waals surface area contributed by atoms with Gasteiger partial charge in [0.1, 0.15) is 12.3 Å². The van der Waals surface area contributed by atoms with Crippen molar-refractivity contribution in [2.24, 2.45) is 0 Å². The summed E-state index contributed by atoms with van der Waals surface area (Å²) in [7, 11) is 3.64. The molecule has 1 aliphatic heterocycles. The highest BCUT2D eigenvalue weighted by Gasteiger charge is 2.28. The lowest BCUT2D eigenvalue weighted by Gasteiger charge is -2.28. The fourth-order valence-electron chi connectivity index (χ4n) is 2.17. The van der Waals surface area contributed by atoms with Gasteiger partial charge < -0.3 is 9.64 Å². The summed E-state index contributed by atoms with van der Waals surface area (Å²) in [6.45, 7) is 0.721. The van der Waals surface area contributed by atoms with Gasteiger partial charge >= 0.3 is 6.09 Å². The quantitative estimate of drug-likeness (QED) is 0.801. The molecule has 2 rings (SSSR count). The maximum absolute atomic E-state index is 12.2. The van der Waals surface area contributed by atoms with Gasteiger partial charge in [0.15, 0.2) is 5.78 Å². The molecule has 0 saturated carbocycles. The Labute approximate surface area is 124 Å². The van der Waals surface area contributed by atoms with E-state index >= 15 is 0 Å². The Kier molecular flexibility index (Phi) is 4.98. The molecule has 1 amide bonds. The Morgan fingerprint density at radius 1 is 1.33 bits per heavy atom. The van der Waals surface area contributed by atoms with Crippen LogP contribution in [0.2, 0.25) is 0 Å². The van der Waals surface area contributed by atoms with E-state index in [9.17, 15) is 9.59 Å². The van der Waals surface area contributed by atoms with E-state index in [0.29, 0.717) is 25.1 Å². The molecule has 0 N–H and O–H groups in total. The summed E-state index contributed by atoms with van der Waals surface area (Å²) in [5.74, 6) is -0.0217. The SMILES string of the molecule is CN(C)/C=C1\C(=O)CCCN1C(=O)OCc1ccccc1. The normalized spacial score (nSPS) is 17.0. The number of carbonyl (C=O) groups is 2. The van der Waals surface area contributed by atoms with Crippen LogP contribution in [0.15, 0.2) is 42.2 Å². The first kappa shape index (κ1) is 15.1. The van der Waals surface area contributed by atoms with E-state index in [-0.39, 0.29) is 12.4 Å². The number of likely N-dealkylation sites (tertiary alicyclic amines) is 1. The molecule has 0 aliphatic carbocycles. The average Bonchev–Trinajstić information content (AvgIpc) is 2.47. The van der Waals surface area contributed by atoms with Crippen molar-refractivity contribution in [1.29, 1.82) is 0 Å². The smallest absolute Gasteiger partial charge is 0.414 e. The van der Waals surface area contributed by atoms with Crippen LogP contribution in [0.1, 0.15) is 18.4 Å². The van der Waals surface area contributed by atoms with Gasteiger partial charge in [-0.3, -0.25) is 9.69 Å².